The van der Waals surface area contributed by atoms with Gasteiger partial charge in [-0.1, -0.05) is 12.1 Å². The smallest absolute Gasteiger partial charge is 0.284 e. The number of nitrogens with zero attached hydrogens (tertiary/aromatic N) is 3. The Morgan fingerprint density at radius 1 is 1.42 bits per heavy atom. The fourth-order valence-corrected chi connectivity index (χ4v) is 2.72. The van der Waals surface area contributed by atoms with Crippen LogP contribution in [0.4, 0.5) is 5.82 Å². The molecule has 1 aromatic heterocycles. The molecular formula is C20H23N5O6. The third kappa shape index (κ3) is 5.65. The van der Waals surface area contributed by atoms with E-state index in [1.807, 2.05) is 6.07 Å². The van der Waals surface area contributed by atoms with Gasteiger partial charge in [0.05, 0.1) is 30.4 Å². The van der Waals surface area contributed by atoms with Crippen LogP contribution in [-0.4, -0.2) is 63.7 Å². The molecule has 0 spiro atoms. The van der Waals surface area contributed by atoms with Gasteiger partial charge in [0, 0.05) is 5.56 Å². The van der Waals surface area contributed by atoms with Crippen molar-refractivity contribution in [2.45, 2.75) is 31.7 Å². The predicted octanol–water partition coefficient (Wildman–Crippen LogP) is 0.168. The highest BCUT2D eigenvalue weighted by Gasteiger charge is 2.31. The topological polar surface area (TPSA) is 173 Å². The van der Waals surface area contributed by atoms with Gasteiger partial charge in [-0.25, -0.2) is 10.5 Å². The number of aliphatic hydroxyl groups is 2. The Labute approximate surface area is 178 Å². The van der Waals surface area contributed by atoms with Gasteiger partial charge in [0.1, 0.15) is 24.1 Å². The van der Waals surface area contributed by atoms with Crippen LogP contribution in [0.5, 0.6) is 5.88 Å². The number of ether oxygens (including phenoxy) is 2. The Balaban J connectivity index is 1.96. The molecule has 3 rings (SSSR count). The van der Waals surface area contributed by atoms with Crippen molar-refractivity contribution in [2.75, 3.05) is 25.6 Å². The molecule has 1 saturated heterocycles. The fraction of sp³-hybridized carbons (Fsp3) is 0.400. The van der Waals surface area contributed by atoms with Gasteiger partial charge in [-0.3, -0.25) is 9.63 Å². The zero-order chi connectivity index (χ0) is 22.6. The minimum atomic E-state index is -1.17. The van der Waals surface area contributed by atoms with Crippen molar-refractivity contribution in [1.82, 2.24) is 15.4 Å². The number of carbonyl (C=O) groups is 1. The van der Waals surface area contributed by atoms with Crippen LogP contribution < -0.4 is 16.0 Å². The molecule has 164 valence electrons. The largest absolute Gasteiger partial charge is 0.468 e. The number of carbonyl (C=O) groups excluding carboxylic acids is 1. The van der Waals surface area contributed by atoms with Crippen LogP contribution in [0.15, 0.2) is 24.3 Å². The molecule has 1 aliphatic rings. The third-order valence-electron chi connectivity index (χ3n) is 4.23. The summed E-state index contributed by atoms with van der Waals surface area (Å²) in [5.41, 5.74) is 7.73. The number of aliphatic hydroxyl groups excluding tert-OH is 1. The second kappa shape index (κ2) is 9.23. The normalized spacial score (nSPS) is 18.4. The molecule has 0 saturated carbocycles. The van der Waals surface area contributed by atoms with Gasteiger partial charge in [-0.15, -0.1) is 0 Å². The van der Waals surface area contributed by atoms with Gasteiger partial charge >= 0.3 is 0 Å². The Morgan fingerprint density at radius 3 is 2.84 bits per heavy atom. The van der Waals surface area contributed by atoms with Crippen LogP contribution in [-0.2, 0) is 9.57 Å². The maximum atomic E-state index is 12.7. The van der Waals surface area contributed by atoms with Gasteiger partial charge in [-0.05, 0) is 26.0 Å². The van der Waals surface area contributed by atoms with E-state index in [4.69, 9.17) is 25.3 Å². The molecule has 11 heteroatoms. The lowest BCUT2D eigenvalue weighted by atomic mass is 10.1. The quantitative estimate of drug-likeness (QED) is 0.444. The summed E-state index contributed by atoms with van der Waals surface area (Å²) in [5, 5.41) is 28.9. The minimum Gasteiger partial charge on any atom is -0.468 e. The molecule has 2 heterocycles. The summed E-state index contributed by atoms with van der Waals surface area (Å²) < 4.78 is 10.9. The number of amides is 1. The van der Waals surface area contributed by atoms with Crippen molar-refractivity contribution < 1.29 is 29.3 Å². The summed E-state index contributed by atoms with van der Waals surface area (Å²) in [5.74, 6) is -1.03. The van der Waals surface area contributed by atoms with Crippen LogP contribution in [0.3, 0.4) is 0 Å². The monoisotopic (exact) mass is 429 g/mol. The summed E-state index contributed by atoms with van der Waals surface area (Å²) in [4.78, 5) is 26.2. The number of benzene rings is 1. The number of nitrogens with two attached hydrogens (primary N) is 1. The van der Waals surface area contributed by atoms with Crippen LogP contribution >= 0.6 is 0 Å². The average Bonchev–Trinajstić information content (AvgIpc) is 3.11. The number of nitriles is 1. The molecule has 1 aliphatic heterocycles. The Hall–Kier alpha value is -3.30. The molecule has 2 atom stereocenters. The average molecular weight is 429 g/mol. The lowest BCUT2D eigenvalue weighted by Crippen LogP contribution is -2.35. The molecular weight excluding hydrogens is 406 g/mol. The van der Waals surface area contributed by atoms with E-state index in [2.05, 4.69) is 15.4 Å². The summed E-state index contributed by atoms with van der Waals surface area (Å²) >= 11 is 0. The van der Waals surface area contributed by atoms with Crippen molar-refractivity contribution in [2.24, 2.45) is 0 Å². The predicted molar refractivity (Wildman–Crippen MR) is 108 cm³/mol. The highest BCUT2D eigenvalue weighted by molar-refractivity contribution is 6.00. The molecule has 0 unspecified atom stereocenters. The number of hydroxylamine groups is 1. The molecule has 11 nitrogen and oxygen atoms in total. The summed E-state index contributed by atoms with van der Waals surface area (Å²) in [6.07, 6.45) is -1.68. The Bertz CT molecular complexity index is 1000. The van der Waals surface area contributed by atoms with Crippen LogP contribution in [0, 0.1) is 11.3 Å². The van der Waals surface area contributed by atoms with E-state index in [1.165, 1.54) is 13.8 Å². The van der Waals surface area contributed by atoms with Gasteiger partial charge in [0.15, 0.2) is 11.9 Å². The van der Waals surface area contributed by atoms with E-state index in [-0.39, 0.29) is 42.9 Å². The van der Waals surface area contributed by atoms with Crippen molar-refractivity contribution in [3.05, 3.63) is 35.4 Å². The van der Waals surface area contributed by atoms with Crippen molar-refractivity contribution in [3.8, 4) is 23.3 Å². The lowest BCUT2D eigenvalue weighted by molar-refractivity contribution is -0.0523. The van der Waals surface area contributed by atoms with Crippen molar-refractivity contribution in [3.63, 3.8) is 0 Å². The third-order valence-corrected chi connectivity index (χ3v) is 4.23. The fourth-order valence-electron chi connectivity index (χ4n) is 2.72. The molecule has 5 N–H and O–H groups in total. The number of nitrogens with one attached hydrogen (secondary N) is 1. The molecule has 0 radical (unpaired) electrons. The van der Waals surface area contributed by atoms with Crippen molar-refractivity contribution >= 4 is 11.7 Å². The molecule has 2 aromatic rings. The SMILES string of the molecule is CC(C)(O)CONC(=O)c1c(N)nc(-c2cccc(C#N)c2)nc1O[C@@H]1COC[C@H]1O. The van der Waals surface area contributed by atoms with Crippen LogP contribution in [0.1, 0.15) is 29.8 Å². The minimum absolute atomic E-state index is 0.0819. The molecule has 1 fully saturated rings. The maximum absolute atomic E-state index is 12.7. The van der Waals surface area contributed by atoms with Crippen molar-refractivity contribution in [1.29, 1.82) is 5.26 Å². The van der Waals surface area contributed by atoms with Crippen LogP contribution in [0.2, 0.25) is 0 Å². The zero-order valence-electron chi connectivity index (χ0n) is 17.0. The highest BCUT2D eigenvalue weighted by atomic mass is 16.7. The summed E-state index contributed by atoms with van der Waals surface area (Å²) in [6.45, 7) is 3.02. The molecule has 1 amide bonds. The summed E-state index contributed by atoms with van der Waals surface area (Å²) in [7, 11) is 0. The van der Waals surface area contributed by atoms with Gasteiger partial charge < -0.3 is 25.4 Å². The number of aromatic nitrogens is 2. The van der Waals surface area contributed by atoms with Gasteiger partial charge in [-0.2, -0.15) is 10.2 Å². The number of nitrogen functional groups attached to an aromatic ring is 1. The summed E-state index contributed by atoms with van der Waals surface area (Å²) in [6, 6.07) is 8.56. The van der Waals surface area contributed by atoms with E-state index in [0.29, 0.717) is 11.1 Å². The van der Waals surface area contributed by atoms with Crippen LogP contribution in [0.25, 0.3) is 11.4 Å². The number of rotatable bonds is 7. The number of anilines is 1. The first-order valence-corrected chi connectivity index (χ1v) is 9.43. The Kier molecular flexibility index (Phi) is 6.67. The molecule has 0 aliphatic carbocycles. The number of hydrogen-bond donors (Lipinski definition) is 4. The molecule has 31 heavy (non-hydrogen) atoms. The zero-order valence-corrected chi connectivity index (χ0v) is 17.0. The lowest BCUT2D eigenvalue weighted by Gasteiger charge is -2.19. The second-order valence-electron chi connectivity index (χ2n) is 7.60. The first-order valence-electron chi connectivity index (χ1n) is 9.43. The highest BCUT2D eigenvalue weighted by Crippen LogP contribution is 2.28. The molecule has 0 bridgehead atoms. The van der Waals surface area contributed by atoms with E-state index in [0.717, 1.165) is 0 Å². The first kappa shape index (κ1) is 22.4. The second-order valence-corrected chi connectivity index (χ2v) is 7.60. The number of hydrogen-bond acceptors (Lipinski definition) is 10. The maximum Gasteiger partial charge on any atom is 0.284 e. The standard InChI is InChI=1S/C20H23N5O6/c1-20(2,28)10-30-25-18(27)15-16(22)23-17(12-5-3-4-11(6-12)7-21)24-19(15)31-14-9-29-8-13(14)26/h3-6,13-14,26,28H,8-10H2,1-2H3,(H,25,27)(H2,22,23,24)/t13-,14-/m1/s1. The van der Waals surface area contributed by atoms with E-state index in [1.54, 1.807) is 24.3 Å². The molecule has 1 aromatic carbocycles. The van der Waals surface area contributed by atoms with Gasteiger partial charge in [0.25, 0.3) is 5.91 Å². The van der Waals surface area contributed by atoms with E-state index < -0.39 is 23.7 Å². The van der Waals surface area contributed by atoms with E-state index in [9.17, 15) is 15.0 Å². The van der Waals surface area contributed by atoms with E-state index >= 15 is 0 Å². The first-order chi connectivity index (χ1) is 14.7. The Morgan fingerprint density at radius 2 is 2.19 bits per heavy atom. The van der Waals surface area contributed by atoms with Gasteiger partial charge in [0.2, 0.25) is 5.88 Å².